The molecular formula is C21H27N3O2. The van der Waals surface area contributed by atoms with Crippen LogP contribution in [0.2, 0.25) is 0 Å². The number of nitrogens with one attached hydrogen (secondary N) is 1. The molecule has 138 valence electrons. The third kappa shape index (κ3) is 3.28. The summed E-state index contributed by atoms with van der Waals surface area (Å²) >= 11 is 0. The number of aryl methyl sites for hydroxylation is 2. The first-order chi connectivity index (χ1) is 12.6. The molecule has 1 unspecified atom stereocenters. The van der Waals surface area contributed by atoms with Gasteiger partial charge in [0.05, 0.1) is 17.7 Å². The Balaban J connectivity index is 1.47. The van der Waals surface area contributed by atoms with Crippen LogP contribution < -0.4 is 4.74 Å². The predicted molar refractivity (Wildman–Crippen MR) is 101 cm³/mol. The predicted octanol–water partition coefficient (Wildman–Crippen LogP) is 3.67. The molecule has 2 aliphatic rings. The van der Waals surface area contributed by atoms with Gasteiger partial charge in [0.15, 0.2) is 5.78 Å². The van der Waals surface area contributed by atoms with E-state index in [0.717, 1.165) is 68.1 Å². The lowest BCUT2D eigenvalue weighted by Crippen LogP contribution is -2.42. The van der Waals surface area contributed by atoms with Crippen molar-refractivity contribution in [3.05, 3.63) is 47.0 Å². The lowest BCUT2D eigenvalue weighted by Gasteiger charge is -2.37. The van der Waals surface area contributed by atoms with Crippen LogP contribution in [0.3, 0.4) is 0 Å². The van der Waals surface area contributed by atoms with Crippen LogP contribution in [0.4, 0.5) is 0 Å². The average molecular weight is 353 g/mol. The maximum atomic E-state index is 12.6. The normalized spacial score (nSPS) is 23.5. The number of aromatic amines is 1. The van der Waals surface area contributed by atoms with E-state index in [1.165, 1.54) is 5.69 Å². The highest BCUT2D eigenvalue weighted by Crippen LogP contribution is 2.39. The monoisotopic (exact) mass is 353 g/mol. The Morgan fingerprint density at radius 3 is 2.92 bits per heavy atom. The zero-order valence-electron chi connectivity index (χ0n) is 15.7. The molecule has 2 aliphatic heterocycles. The van der Waals surface area contributed by atoms with Gasteiger partial charge >= 0.3 is 0 Å². The Morgan fingerprint density at radius 1 is 1.27 bits per heavy atom. The van der Waals surface area contributed by atoms with Crippen molar-refractivity contribution in [1.29, 1.82) is 0 Å². The molecule has 5 heteroatoms. The number of aromatic nitrogens is 2. The number of likely N-dealkylation sites (tertiary alicyclic amines) is 1. The van der Waals surface area contributed by atoms with Gasteiger partial charge in [-0.05, 0) is 38.4 Å². The molecule has 1 saturated heterocycles. The molecule has 0 radical (unpaired) electrons. The molecule has 1 fully saturated rings. The number of benzene rings is 1. The highest BCUT2D eigenvalue weighted by molar-refractivity contribution is 6.00. The number of ether oxygens (including phenoxy) is 1. The lowest BCUT2D eigenvalue weighted by atomic mass is 9.84. The summed E-state index contributed by atoms with van der Waals surface area (Å²) in [5.41, 5.74) is 2.70. The van der Waals surface area contributed by atoms with Gasteiger partial charge in [-0.3, -0.25) is 9.69 Å². The van der Waals surface area contributed by atoms with Gasteiger partial charge in [-0.2, -0.15) is 0 Å². The lowest BCUT2D eigenvalue weighted by molar-refractivity contribution is 0.0298. The minimum absolute atomic E-state index is 0.219. The topological polar surface area (TPSA) is 58.2 Å². The number of hydrogen-bond donors (Lipinski definition) is 1. The summed E-state index contributed by atoms with van der Waals surface area (Å²) in [5.74, 6) is 2.03. The standard InChI is InChI=1S/C21H27N3O2/c1-3-20-22-15(2)17(23-20)14-24-11-6-9-21(10-12-24)13-18(25)16-7-4-5-8-19(16)26-21/h4-5,7-8H,3,6,9-14H2,1-2H3,(H,22,23). The highest BCUT2D eigenvalue weighted by Gasteiger charge is 2.41. The summed E-state index contributed by atoms with van der Waals surface area (Å²) in [6, 6.07) is 7.65. The maximum Gasteiger partial charge on any atom is 0.170 e. The van der Waals surface area contributed by atoms with Crippen molar-refractivity contribution in [3.63, 3.8) is 0 Å². The minimum atomic E-state index is -0.338. The fourth-order valence-electron chi connectivity index (χ4n) is 4.20. The quantitative estimate of drug-likeness (QED) is 0.915. The zero-order valence-corrected chi connectivity index (χ0v) is 15.7. The summed E-state index contributed by atoms with van der Waals surface area (Å²) in [7, 11) is 0. The van der Waals surface area contributed by atoms with E-state index in [2.05, 4.69) is 23.7 Å². The van der Waals surface area contributed by atoms with Crippen molar-refractivity contribution in [2.75, 3.05) is 13.1 Å². The number of carbonyl (C=O) groups excluding carboxylic acids is 1. The van der Waals surface area contributed by atoms with Gasteiger partial charge < -0.3 is 9.72 Å². The molecule has 0 amide bonds. The maximum absolute atomic E-state index is 12.6. The molecule has 1 N–H and O–H groups in total. The first kappa shape index (κ1) is 17.3. The first-order valence-corrected chi connectivity index (χ1v) is 9.66. The SMILES string of the molecule is CCc1nc(CN2CCCC3(CC2)CC(=O)c2ccccc2O3)c(C)[nH]1. The van der Waals surface area contributed by atoms with Crippen LogP contribution in [-0.4, -0.2) is 39.3 Å². The summed E-state index contributed by atoms with van der Waals surface area (Å²) in [6.07, 6.45) is 4.29. The minimum Gasteiger partial charge on any atom is -0.486 e. The molecule has 1 spiro atoms. The van der Waals surface area contributed by atoms with Gasteiger partial charge in [-0.1, -0.05) is 19.1 Å². The summed E-state index contributed by atoms with van der Waals surface area (Å²) in [4.78, 5) is 23.1. The number of rotatable bonds is 3. The van der Waals surface area contributed by atoms with E-state index < -0.39 is 0 Å². The van der Waals surface area contributed by atoms with E-state index in [0.29, 0.717) is 6.42 Å². The van der Waals surface area contributed by atoms with Gasteiger partial charge in [-0.25, -0.2) is 4.98 Å². The molecule has 1 aromatic heterocycles. The van der Waals surface area contributed by atoms with Gasteiger partial charge in [0.2, 0.25) is 0 Å². The van der Waals surface area contributed by atoms with E-state index in [-0.39, 0.29) is 11.4 Å². The molecule has 2 aromatic rings. The molecule has 26 heavy (non-hydrogen) atoms. The number of fused-ring (bicyclic) bond motifs is 1. The Hall–Kier alpha value is -2.14. The fourth-order valence-corrected chi connectivity index (χ4v) is 4.20. The van der Waals surface area contributed by atoms with Crippen LogP contribution in [0.1, 0.15) is 60.2 Å². The molecule has 5 nitrogen and oxygen atoms in total. The molecule has 0 saturated carbocycles. The van der Waals surface area contributed by atoms with Crippen LogP contribution in [0, 0.1) is 6.92 Å². The molecule has 1 aromatic carbocycles. The average Bonchev–Trinajstić information content (AvgIpc) is 2.88. The summed E-state index contributed by atoms with van der Waals surface area (Å²) < 4.78 is 6.39. The summed E-state index contributed by atoms with van der Waals surface area (Å²) in [5, 5.41) is 0. The van der Waals surface area contributed by atoms with Crippen molar-refractivity contribution >= 4 is 5.78 Å². The third-order valence-electron chi connectivity index (χ3n) is 5.73. The summed E-state index contributed by atoms with van der Waals surface area (Å²) in [6.45, 7) is 7.04. The van der Waals surface area contributed by atoms with Crippen molar-refractivity contribution < 1.29 is 9.53 Å². The Labute approximate surface area is 154 Å². The van der Waals surface area contributed by atoms with Crippen molar-refractivity contribution in [2.24, 2.45) is 0 Å². The molecule has 0 bridgehead atoms. The number of imidazole rings is 1. The van der Waals surface area contributed by atoms with Crippen molar-refractivity contribution in [3.8, 4) is 5.75 Å². The van der Waals surface area contributed by atoms with E-state index in [9.17, 15) is 4.79 Å². The number of Topliss-reactive ketones (excluding diaryl/α,β-unsaturated/α-hetero) is 1. The van der Waals surface area contributed by atoms with E-state index in [1.807, 2.05) is 24.3 Å². The third-order valence-corrected chi connectivity index (χ3v) is 5.73. The smallest absolute Gasteiger partial charge is 0.170 e. The second-order valence-electron chi connectivity index (χ2n) is 7.62. The van der Waals surface area contributed by atoms with E-state index in [1.54, 1.807) is 0 Å². The fraction of sp³-hybridized carbons (Fsp3) is 0.524. The van der Waals surface area contributed by atoms with E-state index >= 15 is 0 Å². The van der Waals surface area contributed by atoms with Crippen LogP contribution in [-0.2, 0) is 13.0 Å². The first-order valence-electron chi connectivity index (χ1n) is 9.66. The van der Waals surface area contributed by atoms with E-state index in [4.69, 9.17) is 9.72 Å². The number of para-hydroxylation sites is 1. The van der Waals surface area contributed by atoms with Gasteiger partial charge in [-0.15, -0.1) is 0 Å². The highest BCUT2D eigenvalue weighted by atomic mass is 16.5. The van der Waals surface area contributed by atoms with Gasteiger partial charge in [0, 0.05) is 31.6 Å². The van der Waals surface area contributed by atoms with Crippen molar-refractivity contribution in [1.82, 2.24) is 14.9 Å². The van der Waals surface area contributed by atoms with Crippen LogP contribution in [0.15, 0.2) is 24.3 Å². The Morgan fingerprint density at radius 2 is 2.12 bits per heavy atom. The molecule has 0 aliphatic carbocycles. The number of H-pyrrole nitrogens is 1. The molecular weight excluding hydrogens is 326 g/mol. The van der Waals surface area contributed by atoms with Crippen molar-refractivity contribution in [2.45, 2.75) is 58.1 Å². The van der Waals surface area contributed by atoms with Crippen LogP contribution in [0.5, 0.6) is 5.75 Å². The Kier molecular flexibility index (Phi) is 4.57. The number of nitrogens with zero attached hydrogens (tertiary/aromatic N) is 2. The molecule has 1 atom stereocenters. The van der Waals surface area contributed by atoms with Gasteiger partial charge in [0.25, 0.3) is 0 Å². The largest absolute Gasteiger partial charge is 0.486 e. The second kappa shape index (κ2) is 6.88. The second-order valence-corrected chi connectivity index (χ2v) is 7.62. The number of ketones is 1. The zero-order chi connectivity index (χ0) is 18.1. The Bertz CT molecular complexity index is 813. The number of hydrogen-bond acceptors (Lipinski definition) is 4. The van der Waals surface area contributed by atoms with Crippen LogP contribution in [0.25, 0.3) is 0 Å². The number of carbonyl (C=O) groups is 1. The van der Waals surface area contributed by atoms with Crippen LogP contribution >= 0.6 is 0 Å². The van der Waals surface area contributed by atoms with Gasteiger partial charge in [0.1, 0.15) is 17.2 Å². The molecule has 4 rings (SSSR count). The molecule has 3 heterocycles.